The zero-order chi connectivity index (χ0) is 14.8. The van der Waals surface area contributed by atoms with E-state index in [-0.39, 0.29) is 0 Å². The maximum Gasteiger partial charge on any atom is 0.129 e. The summed E-state index contributed by atoms with van der Waals surface area (Å²) in [4.78, 5) is 4.62. The predicted molar refractivity (Wildman–Crippen MR) is 92.3 cm³/mol. The molecule has 21 heavy (non-hydrogen) atoms. The molecule has 4 heteroatoms. The van der Waals surface area contributed by atoms with Gasteiger partial charge in [-0.3, -0.25) is 4.57 Å². The lowest BCUT2D eigenvalue weighted by Gasteiger charge is -2.09. The van der Waals surface area contributed by atoms with E-state index >= 15 is 0 Å². The standard InChI is InChI=1S/C17H16BrClN2/c1-2-3-12-4-7-14(8-5-12)21-16-10-13(18)6-9-15(16)20-17(21)11-19/h4-10H,2-3,11H2,1H3. The molecule has 0 amide bonds. The summed E-state index contributed by atoms with van der Waals surface area (Å²) in [5.41, 5.74) is 4.50. The first kappa shape index (κ1) is 14.6. The Bertz CT molecular complexity index is 762. The second kappa shape index (κ2) is 6.20. The van der Waals surface area contributed by atoms with Gasteiger partial charge in [0.05, 0.1) is 16.9 Å². The second-order valence-corrected chi connectivity index (χ2v) is 6.23. The van der Waals surface area contributed by atoms with Crippen molar-refractivity contribution >= 4 is 38.6 Å². The van der Waals surface area contributed by atoms with Crippen LogP contribution in [-0.4, -0.2) is 9.55 Å². The highest BCUT2D eigenvalue weighted by Crippen LogP contribution is 2.26. The molecule has 2 aromatic carbocycles. The fourth-order valence-corrected chi connectivity index (χ4v) is 3.10. The van der Waals surface area contributed by atoms with Gasteiger partial charge in [0.25, 0.3) is 0 Å². The zero-order valence-corrected chi connectivity index (χ0v) is 14.2. The third kappa shape index (κ3) is 2.85. The summed E-state index contributed by atoms with van der Waals surface area (Å²) in [5, 5.41) is 0. The lowest BCUT2D eigenvalue weighted by Crippen LogP contribution is -1.99. The van der Waals surface area contributed by atoms with Crippen molar-refractivity contribution in [3.8, 4) is 5.69 Å². The number of aryl methyl sites for hydroxylation is 1. The van der Waals surface area contributed by atoms with Gasteiger partial charge in [0, 0.05) is 10.2 Å². The van der Waals surface area contributed by atoms with Crippen molar-refractivity contribution in [1.82, 2.24) is 9.55 Å². The molecule has 3 aromatic rings. The van der Waals surface area contributed by atoms with Crippen molar-refractivity contribution in [3.05, 3.63) is 58.3 Å². The smallest absolute Gasteiger partial charge is 0.129 e. The topological polar surface area (TPSA) is 17.8 Å². The normalized spacial score (nSPS) is 11.2. The quantitative estimate of drug-likeness (QED) is 0.561. The Morgan fingerprint density at radius 2 is 1.90 bits per heavy atom. The highest BCUT2D eigenvalue weighted by Gasteiger charge is 2.12. The van der Waals surface area contributed by atoms with Gasteiger partial charge in [-0.05, 0) is 42.3 Å². The van der Waals surface area contributed by atoms with Crippen LogP contribution in [-0.2, 0) is 12.3 Å². The third-order valence-corrected chi connectivity index (χ3v) is 4.27. The molecule has 2 nitrogen and oxygen atoms in total. The molecule has 0 aliphatic heterocycles. The molecule has 0 N–H and O–H groups in total. The van der Waals surface area contributed by atoms with Crippen LogP contribution < -0.4 is 0 Å². The summed E-state index contributed by atoms with van der Waals surface area (Å²) in [6, 6.07) is 14.7. The van der Waals surface area contributed by atoms with E-state index in [9.17, 15) is 0 Å². The van der Waals surface area contributed by atoms with Crippen molar-refractivity contribution in [3.63, 3.8) is 0 Å². The fraction of sp³-hybridized carbons (Fsp3) is 0.235. The van der Waals surface area contributed by atoms with Gasteiger partial charge < -0.3 is 0 Å². The number of hydrogen-bond acceptors (Lipinski definition) is 1. The highest BCUT2D eigenvalue weighted by molar-refractivity contribution is 9.10. The Hall–Kier alpha value is -1.32. The number of aromatic nitrogens is 2. The largest absolute Gasteiger partial charge is 0.295 e. The second-order valence-electron chi connectivity index (χ2n) is 5.05. The van der Waals surface area contributed by atoms with E-state index < -0.39 is 0 Å². The lowest BCUT2D eigenvalue weighted by molar-refractivity contribution is 0.918. The number of benzene rings is 2. The summed E-state index contributed by atoms with van der Waals surface area (Å²) >= 11 is 9.61. The van der Waals surface area contributed by atoms with E-state index in [0.29, 0.717) is 5.88 Å². The van der Waals surface area contributed by atoms with Gasteiger partial charge in [0.15, 0.2) is 0 Å². The van der Waals surface area contributed by atoms with E-state index in [1.807, 2.05) is 12.1 Å². The number of imidazole rings is 1. The Morgan fingerprint density at radius 3 is 2.57 bits per heavy atom. The summed E-state index contributed by atoms with van der Waals surface area (Å²) in [7, 11) is 0. The van der Waals surface area contributed by atoms with Crippen LogP contribution >= 0.6 is 27.5 Å². The van der Waals surface area contributed by atoms with Gasteiger partial charge in [-0.15, -0.1) is 11.6 Å². The number of nitrogens with zero attached hydrogens (tertiary/aromatic N) is 2. The molecule has 1 heterocycles. The minimum Gasteiger partial charge on any atom is -0.295 e. The maximum atomic E-state index is 6.08. The van der Waals surface area contributed by atoms with Gasteiger partial charge >= 0.3 is 0 Å². The molecule has 0 saturated heterocycles. The van der Waals surface area contributed by atoms with Crippen molar-refractivity contribution < 1.29 is 0 Å². The first-order valence-electron chi connectivity index (χ1n) is 7.05. The van der Waals surface area contributed by atoms with E-state index in [1.165, 1.54) is 5.56 Å². The van der Waals surface area contributed by atoms with Gasteiger partial charge in [-0.2, -0.15) is 0 Å². The van der Waals surface area contributed by atoms with Crippen LogP contribution in [0, 0.1) is 0 Å². The Morgan fingerprint density at radius 1 is 1.14 bits per heavy atom. The molecule has 0 saturated carbocycles. The highest BCUT2D eigenvalue weighted by atomic mass is 79.9. The van der Waals surface area contributed by atoms with E-state index in [0.717, 1.165) is 39.9 Å². The molecule has 0 aliphatic rings. The number of hydrogen-bond donors (Lipinski definition) is 0. The van der Waals surface area contributed by atoms with E-state index in [1.54, 1.807) is 0 Å². The first-order valence-corrected chi connectivity index (χ1v) is 8.38. The van der Waals surface area contributed by atoms with Crippen LogP contribution in [0.1, 0.15) is 24.7 Å². The molecule has 0 aliphatic carbocycles. The van der Waals surface area contributed by atoms with E-state index in [2.05, 4.69) is 62.7 Å². The van der Waals surface area contributed by atoms with Crippen molar-refractivity contribution in [2.45, 2.75) is 25.6 Å². The number of alkyl halides is 1. The lowest BCUT2D eigenvalue weighted by atomic mass is 10.1. The summed E-state index contributed by atoms with van der Waals surface area (Å²) in [6.45, 7) is 2.19. The van der Waals surface area contributed by atoms with Crippen molar-refractivity contribution in [2.75, 3.05) is 0 Å². The minimum absolute atomic E-state index is 0.392. The fourth-order valence-electron chi connectivity index (χ4n) is 2.58. The van der Waals surface area contributed by atoms with Crippen LogP contribution in [0.15, 0.2) is 46.9 Å². The molecule has 3 rings (SSSR count). The first-order chi connectivity index (χ1) is 10.2. The molecular formula is C17H16BrClN2. The molecule has 0 radical (unpaired) electrons. The monoisotopic (exact) mass is 362 g/mol. The average Bonchev–Trinajstić information content (AvgIpc) is 2.86. The summed E-state index contributed by atoms with van der Waals surface area (Å²) in [6.07, 6.45) is 2.27. The SMILES string of the molecule is CCCc1ccc(-n2c(CCl)nc3ccc(Br)cc32)cc1. The molecule has 0 atom stereocenters. The van der Waals surface area contributed by atoms with Gasteiger partial charge in [-0.1, -0.05) is 41.4 Å². The minimum atomic E-state index is 0.392. The Labute approximate surface area is 137 Å². The van der Waals surface area contributed by atoms with E-state index in [4.69, 9.17) is 11.6 Å². The van der Waals surface area contributed by atoms with Crippen LogP contribution in [0.3, 0.4) is 0 Å². The average molecular weight is 364 g/mol. The van der Waals surface area contributed by atoms with Crippen molar-refractivity contribution in [2.24, 2.45) is 0 Å². The van der Waals surface area contributed by atoms with Gasteiger partial charge in [0.2, 0.25) is 0 Å². The summed E-state index contributed by atoms with van der Waals surface area (Å²) in [5.74, 6) is 1.26. The molecule has 1 aromatic heterocycles. The predicted octanol–water partition coefficient (Wildman–Crippen LogP) is 5.48. The molecular weight excluding hydrogens is 348 g/mol. The van der Waals surface area contributed by atoms with Crippen molar-refractivity contribution in [1.29, 1.82) is 0 Å². The number of halogens is 2. The Balaban J connectivity index is 2.15. The van der Waals surface area contributed by atoms with Gasteiger partial charge in [-0.25, -0.2) is 4.98 Å². The molecule has 0 spiro atoms. The van der Waals surface area contributed by atoms with Gasteiger partial charge in [0.1, 0.15) is 5.82 Å². The Kier molecular flexibility index (Phi) is 4.32. The maximum absolute atomic E-state index is 6.08. The van der Waals surface area contributed by atoms with Crippen LogP contribution in [0.4, 0.5) is 0 Å². The van der Waals surface area contributed by atoms with Crippen LogP contribution in [0.25, 0.3) is 16.7 Å². The molecule has 0 unspecified atom stereocenters. The zero-order valence-electron chi connectivity index (χ0n) is 11.8. The summed E-state index contributed by atoms with van der Waals surface area (Å²) < 4.78 is 3.17. The molecule has 0 bridgehead atoms. The molecule has 0 fully saturated rings. The molecule has 108 valence electrons. The van der Waals surface area contributed by atoms with Crippen LogP contribution in [0.5, 0.6) is 0 Å². The number of fused-ring (bicyclic) bond motifs is 1. The number of rotatable bonds is 4. The third-order valence-electron chi connectivity index (χ3n) is 3.54. The van der Waals surface area contributed by atoms with Crippen LogP contribution in [0.2, 0.25) is 0 Å².